The third-order valence-electron chi connectivity index (χ3n) is 8.13. The summed E-state index contributed by atoms with van der Waals surface area (Å²) in [6, 6.07) is 7.18. The lowest BCUT2D eigenvalue weighted by atomic mass is 9.86. The number of amides is 1. The van der Waals surface area contributed by atoms with Crippen molar-refractivity contribution in [1.29, 1.82) is 0 Å². The van der Waals surface area contributed by atoms with Crippen molar-refractivity contribution in [3.8, 4) is 17.1 Å². The third kappa shape index (κ3) is 3.62. The predicted molar refractivity (Wildman–Crippen MR) is 139 cm³/mol. The Morgan fingerprint density at radius 1 is 1.21 bits per heavy atom. The van der Waals surface area contributed by atoms with Crippen molar-refractivity contribution < 1.29 is 24.2 Å². The molecule has 1 amide bonds. The molecule has 3 aliphatic rings. The van der Waals surface area contributed by atoms with E-state index in [1.807, 2.05) is 19.1 Å². The van der Waals surface area contributed by atoms with Crippen LogP contribution in [0.2, 0.25) is 0 Å². The second-order valence-electron chi connectivity index (χ2n) is 10.2. The van der Waals surface area contributed by atoms with Crippen molar-refractivity contribution in [2.75, 3.05) is 13.1 Å². The molecule has 5 heterocycles. The van der Waals surface area contributed by atoms with Crippen LogP contribution in [0, 0.1) is 0 Å². The van der Waals surface area contributed by atoms with E-state index in [1.54, 1.807) is 28.5 Å². The quantitative estimate of drug-likeness (QED) is 0.395. The van der Waals surface area contributed by atoms with Crippen molar-refractivity contribution in [3.05, 3.63) is 56.9 Å². The van der Waals surface area contributed by atoms with Crippen molar-refractivity contribution in [2.45, 2.75) is 64.3 Å². The number of aliphatic hydroxyl groups is 1. The van der Waals surface area contributed by atoms with Crippen LogP contribution in [-0.2, 0) is 34.7 Å². The minimum absolute atomic E-state index is 0.0890. The van der Waals surface area contributed by atoms with Crippen LogP contribution in [0.4, 0.5) is 4.79 Å². The van der Waals surface area contributed by atoms with E-state index in [0.717, 1.165) is 29.4 Å². The van der Waals surface area contributed by atoms with Crippen LogP contribution in [0.15, 0.2) is 29.1 Å². The van der Waals surface area contributed by atoms with Crippen molar-refractivity contribution in [2.24, 2.45) is 5.73 Å². The van der Waals surface area contributed by atoms with Crippen LogP contribution in [0.1, 0.15) is 55.4 Å². The second-order valence-corrected chi connectivity index (χ2v) is 10.2. The van der Waals surface area contributed by atoms with Gasteiger partial charge < -0.3 is 29.8 Å². The van der Waals surface area contributed by atoms with Gasteiger partial charge in [0.05, 0.1) is 29.0 Å². The SMILES string of the molecule is CCc1c2c(nc3ccc(OC(=O)N4CCC(N)CC4)cc13)-c1cc3c(c(=O)n1C2)COC(=O)[C@]3(O)CC. The monoisotopic (exact) mass is 518 g/mol. The van der Waals surface area contributed by atoms with E-state index in [-0.39, 0.29) is 24.6 Å². The summed E-state index contributed by atoms with van der Waals surface area (Å²) >= 11 is 0. The number of piperidine rings is 1. The van der Waals surface area contributed by atoms with E-state index >= 15 is 0 Å². The number of ether oxygens (including phenoxy) is 2. The van der Waals surface area contributed by atoms with Gasteiger partial charge in [0.25, 0.3) is 5.56 Å². The van der Waals surface area contributed by atoms with Gasteiger partial charge in [-0.15, -0.1) is 0 Å². The number of hydrogen-bond acceptors (Lipinski definition) is 8. The molecule has 3 N–H and O–H groups in total. The zero-order valence-electron chi connectivity index (χ0n) is 21.5. The molecule has 0 bridgehead atoms. The first-order chi connectivity index (χ1) is 18.2. The Labute approximate surface area is 219 Å². The largest absolute Gasteiger partial charge is 0.458 e. The van der Waals surface area contributed by atoms with Gasteiger partial charge in [0.15, 0.2) is 5.60 Å². The minimum Gasteiger partial charge on any atom is -0.458 e. The number of carbonyl (C=O) groups is 2. The van der Waals surface area contributed by atoms with E-state index in [4.69, 9.17) is 20.2 Å². The summed E-state index contributed by atoms with van der Waals surface area (Å²) < 4.78 is 12.5. The normalized spacial score (nSPS) is 20.6. The fourth-order valence-electron chi connectivity index (χ4n) is 5.86. The maximum Gasteiger partial charge on any atom is 0.415 e. The smallest absolute Gasteiger partial charge is 0.415 e. The Kier molecular flexibility index (Phi) is 5.77. The zero-order valence-corrected chi connectivity index (χ0v) is 21.5. The molecule has 3 aromatic rings. The Bertz CT molecular complexity index is 1560. The molecule has 0 saturated carbocycles. The molecule has 38 heavy (non-hydrogen) atoms. The molecule has 1 aromatic carbocycles. The topological polar surface area (TPSA) is 137 Å². The van der Waals surface area contributed by atoms with Gasteiger partial charge >= 0.3 is 12.1 Å². The molecule has 10 heteroatoms. The first-order valence-corrected chi connectivity index (χ1v) is 13.1. The maximum absolute atomic E-state index is 13.5. The van der Waals surface area contributed by atoms with E-state index < -0.39 is 17.7 Å². The van der Waals surface area contributed by atoms with Crippen LogP contribution in [-0.4, -0.2) is 50.8 Å². The molecule has 0 spiro atoms. The van der Waals surface area contributed by atoms with Gasteiger partial charge in [-0.2, -0.15) is 0 Å². The highest BCUT2D eigenvalue weighted by Gasteiger charge is 2.45. The number of cyclic esters (lactones) is 1. The molecular weight excluding hydrogens is 488 g/mol. The molecule has 0 radical (unpaired) electrons. The van der Waals surface area contributed by atoms with Crippen LogP contribution < -0.4 is 16.0 Å². The number of nitrogens with two attached hydrogens (primary N) is 1. The lowest BCUT2D eigenvalue weighted by molar-refractivity contribution is -0.172. The predicted octanol–water partition coefficient (Wildman–Crippen LogP) is 2.56. The second kappa shape index (κ2) is 8.92. The third-order valence-corrected chi connectivity index (χ3v) is 8.13. The average molecular weight is 519 g/mol. The molecule has 10 nitrogen and oxygen atoms in total. The number of aromatic nitrogens is 2. The average Bonchev–Trinajstić information content (AvgIpc) is 3.28. The van der Waals surface area contributed by atoms with Crippen LogP contribution in [0.5, 0.6) is 5.75 Å². The summed E-state index contributed by atoms with van der Waals surface area (Å²) in [5, 5.41) is 11.9. The molecule has 0 aliphatic carbocycles. The Hall–Kier alpha value is -3.76. The fraction of sp³-hybridized carbons (Fsp3) is 0.429. The Balaban J connectivity index is 1.41. The molecule has 1 fully saturated rings. The first kappa shape index (κ1) is 24.6. The lowest BCUT2D eigenvalue weighted by Crippen LogP contribution is -2.44. The Morgan fingerprint density at radius 3 is 2.68 bits per heavy atom. The van der Waals surface area contributed by atoms with E-state index in [2.05, 4.69) is 0 Å². The lowest BCUT2D eigenvalue weighted by Gasteiger charge is -2.31. The number of nitrogens with zero attached hydrogens (tertiary/aromatic N) is 3. The number of pyridine rings is 2. The summed E-state index contributed by atoms with van der Waals surface area (Å²) in [5.41, 5.74) is 8.21. The highest BCUT2D eigenvalue weighted by molar-refractivity contribution is 5.90. The summed E-state index contributed by atoms with van der Waals surface area (Å²) in [5.74, 6) is -0.314. The zero-order chi connectivity index (χ0) is 26.8. The highest BCUT2D eigenvalue weighted by atomic mass is 16.6. The number of esters is 1. The van der Waals surface area contributed by atoms with Crippen LogP contribution in [0.3, 0.4) is 0 Å². The van der Waals surface area contributed by atoms with E-state index in [9.17, 15) is 19.5 Å². The van der Waals surface area contributed by atoms with Crippen molar-refractivity contribution in [3.63, 3.8) is 0 Å². The molecule has 198 valence electrons. The molecular formula is C28H30N4O6. The highest BCUT2D eigenvalue weighted by Crippen LogP contribution is 2.40. The molecule has 3 aliphatic heterocycles. The van der Waals surface area contributed by atoms with Crippen LogP contribution >= 0.6 is 0 Å². The van der Waals surface area contributed by atoms with E-state index in [1.165, 1.54) is 0 Å². The number of benzene rings is 1. The van der Waals surface area contributed by atoms with Gasteiger partial charge in [0, 0.05) is 35.6 Å². The van der Waals surface area contributed by atoms with Crippen molar-refractivity contribution >= 4 is 23.0 Å². The van der Waals surface area contributed by atoms with Gasteiger partial charge in [0.1, 0.15) is 12.4 Å². The fourth-order valence-corrected chi connectivity index (χ4v) is 5.86. The number of fused-ring (bicyclic) bond motifs is 5. The molecule has 1 atom stereocenters. The maximum atomic E-state index is 13.5. The number of hydrogen-bond donors (Lipinski definition) is 2. The van der Waals surface area contributed by atoms with Crippen molar-refractivity contribution in [1.82, 2.24) is 14.5 Å². The minimum atomic E-state index is -1.87. The van der Waals surface area contributed by atoms with Gasteiger partial charge in [-0.25, -0.2) is 14.6 Å². The van der Waals surface area contributed by atoms with Gasteiger partial charge in [-0.3, -0.25) is 4.79 Å². The van der Waals surface area contributed by atoms with Gasteiger partial charge in [-0.1, -0.05) is 13.8 Å². The summed E-state index contributed by atoms with van der Waals surface area (Å²) in [6.45, 7) is 5.01. The Morgan fingerprint density at radius 2 is 1.97 bits per heavy atom. The number of likely N-dealkylation sites (tertiary alicyclic amines) is 1. The summed E-state index contributed by atoms with van der Waals surface area (Å²) in [7, 11) is 0. The molecule has 0 unspecified atom stereocenters. The first-order valence-electron chi connectivity index (χ1n) is 13.1. The summed E-state index contributed by atoms with van der Waals surface area (Å²) in [6.07, 6.45) is 1.87. The summed E-state index contributed by atoms with van der Waals surface area (Å²) in [4.78, 5) is 45.2. The van der Waals surface area contributed by atoms with Crippen LogP contribution in [0.25, 0.3) is 22.3 Å². The standard InChI is InChI=1S/C28H30N4O6/c1-3-17-18-11-16(38-27(35)31-9-7-15(29)8-10-31)5-6-22(18)30-24-19(17)13-32-23(24)12-21-20(25(32)33)14-37-26(34)28(21,36)4-2/h5-6,11-12,15,36H,3-4,7-10,13-14,29H2,1-2H3/t28-/m0/s1. The molecule has 6 rings (SSSR count). The number of rotatable bonds is 3. The molecule has 2 aromatic heterocycles. The van der Waals surface area contributed by atoms with E-state index in [0.29, 0.717) is 59.8 Å². The van der Waals surface area contributed by atoms with Gasteiger partial charge in [0.2, 0.25) is 0 Å². The van der Waals surface area contributed by atoms with Gasteiger partial charge in [-0.05, 0) is 55.5 Å². The molecule has 1 saturated heterocycles. The number of aryl methyl sites for hydroxylation is 1. The number of carbonyl (C=O) groups excluding carboxylic acids is 2.